The smallest absolute Gasteiger partial charge is 0.389 e. The molecule has 0 spiro atoms. The minimum Gasteiger partial charge on any atom is -0.494 e. The predicted molar refractivity (Wildman–Crippen MR) is 69.3 cm³/mol. The van der Waals surface area contributed by atoms with Crippen LogP contribution in [0, 0.1) is 0 Å². The number of benzene rings is 1. The molecule has 0 saturated carbocycles. The van der Waals surface area contributed by atoms with Crippen LogP contribution in [0.5, 0.6) is 5.75 Å². The van der Waals surface area contributed by atoms with Crippen molar-refractivity contribution in [2.24, 2.45) is 0 Å². The van der Waals surface area contributed by atoms with Gasteiger partial charge < -0.3 is 10.1 Å². The van der Waals surface area contributed by atoms with Crippen LogP contribution in [0.15, 0.2) is 24.3 Å². The van der Waals surface area contributed by atoms with Crippen LogP contribution in [0.1, 0.15) is 37.8 Å². The Morgan fingerprint density at radius 1 is 1.21 bits per heavy atom. The van der Waals surface area contributed by atoms with E-state index in [1.165, 1.54) is 0 Å². The van der Waals surface area contributed by atoms with Gasteiger partial charge in [0.1, 0.15) is 5.75 Å². The Balaban J connectivity index is 2.60. The van der Waals surface area contributed by atoms with Crippen molar-refractivity contribution < 1.29 is 17.9 Å². The van der Waals surface area contributed by atoms with Crippen LogP contribution < -0.4 is 10.1 Å². The van der Waals surface area contributed by atoms with Crippen molar-refractivity contribution in [1.82, 2.24) is 5.32 Å². The molecule has 0 aliphatic heterocycles. The van der Waals surface area contributed by atoms with Gasteiger partial charge in [0.15, 0.2) is 0 Å². The molecule has 0 aliphatic rings. The van der Waals surface area contributed by atoms with E-state index in [1.54, 1.807) is 19.2 Å². The molecule has 19 heavy (non-hydrogen) atoms. The third kappa shape index (κ3) is 5.96. The maximum Gasteiger partial charge on any atom is 0.389 e. The molecule has 1 rings (SSSR count). The highest BCUT2D eigenvalue weighted by atomic mass is 19.4. The van der Waals surface area contributed by atoms with E-state index in [1.807, 2.05) is 19.1 Å². The molecular weight excluding hydrogens is 255 g/mol. The van der Waals surface area contributed by atoms with Gasteiger partial charge in [-0.3, -0.25) is 0 Å². The molecule has 0 bridgehead atoms. The van der Waals surface area contributed by atoms with E-state index < -0.39 is 12.6 Å². The van der Waals surface area contributed by atoms with E-state index in [0.29, 0.717) is 6.61 Å². The summed E-state index contributed by atoms with van der Waals surface area (Å²) in [6.07, 6.45) is -3.94. The maximum atomic E-state index is 12.2. The fourth-order valence-electron chi connectivity index (χ4n) is 1.80. The molecule has 0 fully saturated rings. The van der Waals surface area contributed by atoms with Crippen LogP contribution in [-0.2, 0) is 0 Å². The highest BCUT2D eigenvalue weighted by molar-refractivity contribution is 5.29. The monoisotopic (exact) mass is 275 g/mol. The molecule has 0 aliphatic carbocycles. The average molecular weight is 275 g/mol. The number of hydrogen-bond acceptors (Lipinski definition) is 2. The molecule has 0 radical (unpaired) electrons. The van der Waals surface area contributed by atoms with E-state index in [0.717, 1.165) is 17.7 Å². The second-order valence-corrected chi connectivity index (χ2v) is 4.41. The fraction of sp³-hybridized carbons (Fsp3) is 0.571. The molecule has 0 heterocycles. The summed E-state index contributed by atoms with van der Waals surface area (Å²) in [7, 11) is 1.67. The normalized spacial score (nSPS) is 13.3. The van der Waals surface area contributed by atoms with Crippen molar-refractivity contribution in [1.29, 1.82) is 0 Å². The van der Waals surface area contributed by atoms with Gasteiger partial charge in [-0.05, 0) is 37.6 Å². The summed E-state index contributed by atoms with van der Waals surface area (Å²) in [5.74, 6) is 0.747. The van der Waals surface area contributed by atoms with Crippen LogP contribution in [0.25, 0.3) is 0 Å². The van der Waals surface area contributed by atoms with Crippen LogP contribution in [0.2, 0.25) is 0 Å². The van der Waals surface area contributed by atoms with Crippen molar-refractivity contribution >= 4 is 0 Å². The lowest BCUT2D eigenvalue weighted by atomic mass is 10.0. The van der Waals surface area contributed by atoms with Crippen molar-refractivity contribution in [3.05, 3.63) is 29.8 Å². The van der Waals surface area contributed by atoms with Gasteiger partial charge in [0.05, 0.1) is 6.61 Å². The molecule has 0 aromatic heterocycles. The van der Waals surface area contributed by atoms with Crippen molar-refractivity contribution in [3.8, 4) is 5.75 Å². The van der Waals surface area contributed by atoms with E-state index >= 15 is 0 Å². The van der Waals surface area contributed by atoms with Gasteiger partial charge in [0.25, 0.3) is 0 Å². The van der Waals surface area contributed by atoms with Gasteiger partial charge in [-0.2, -0.15) is 13.2 Å². The second-order valence-electron chi connectivity index (χ2n) is 4.41. The molecule has 1 N–H and O–H groups in total. The Labute approximate surface area is 112 Å². The van der Waals surface area contributed by atoms with Crippen molar-refractivity contribution in [2.45, 2.75) is 38.4 Å². The van der Waals surface area contributed by atoms with Crippen LogP contribution in [0.4, 0.5) is 13.2 Å². The highest BCUT2D eigenvalue weighted by Gasteiger charge is 2.28. The number of rotatable bonds is 7. The van der Waals surface area contributed by atoms with E-state index in [-0.39, 0.29) is 12.5 Å². The number of ether oxygens (including phenoxy) is 1. The van der Waals surface area contributed by atoms with Crippen molar-refractivity contribution in [3.63, 3.8) is 0 Å². The zero-order valence-electron chi connectivity index (χ0n) is 11.3. The first-order chi connectivity index (χ1) is 8.96. The summed E-state index contributed by atoms with van der Waals surface area (Å²) in [5.41, 5.74) is 0.843. The largest absolute Gasteiger partial charge is 0.494 e. The average Bonchev–Trinajstić information content (AvgIpc) is 2.37. The summed E-state index contributed by atoms with van der Waals surface area (Å²) >= 11 is 0. The molecule has 2 nitrogen and oxygen atoms in total. The van der Waals surface area contributed by atoms with Gasteiger partial charge in [-0.25, -0.2) is 0 Å². The quantitative estimate of drug-likeness (QED) is 0.809. The number of alkyl halides is 3. The van der Waals surface area contributed by atoms with Crippen LogP contribution >= 0.6 is 0 Å². The van der Waals surface area contributed by atoms with Gasteiger partial charge in [0.2, 0.25) is 0 Å². The minimum atomic E-state index is -4.11. The lowest BCUT2D eigenvalue weighted by molar-refractivity contribution is -0.136. The molecule has 0 amide bonds. The lowest BCUT2D eigenvalue weighted by Crippen LogP contribution is -2.19. The summed E-state index contributed by atoms with van der Waals surface area (Å²) in [6, 6.07) is 6.92. The van der Waals surface area contributed by atoms with Crippen molar-refractivity contribution in [2.75, 3.05) is 13.7 Å². The molecule has 1 atom stereocenters. The van der Waals surface area contributed by atoms with Crippen LogP contribution in [0.3, 0.4) is 0 Å². The Morgan fingerprint density at radius 3 is 2.32 bits per heavy atom. The Bertz CT molecular complexity index is 362. The van der Waals surface area contributed by atoms with E-state index in [4.69, 9.17) is 4.74 Å². The fourth-order valence-corrected chi connectivity index (χ4v) is 1.80. The molecule has 1 aromatic rings. The Kier molecular flexibility index (Phi) is 6.15. The topological polar surface area (TPSA) is 21.3 Å². The summed E-state index contributed by atoms with van der Waals surface area (Å²) in [5, 5.41) is 2.91. The molecular formula is C14H20F3NO. The molecule has 108 valence electrons. The Morgan fingerprint density at radius 2 is 1.84 bits per heavy atom. The third-order valence-electron chi connectivity index (χ3n) is 2.82. The third-order valence-corrected chi connectivity index (χ3v) is 2.82. The second kappa shape index (κ2) is 7.38. The summed E-state index contributed by atoms with van der Waals surface area (Å²) < 4.78 is 42.1. The highest BCUT2D eigenvalue weighted by Crippen LogP contribution is 2.28. The van der Waals surface area contributed by atoms with Gasteiger partial charge in [0, 0.05) is 12.5 Å². The SMILES string of the molecule is CCCOc1ccc(C(CCC(F)(F)F)NC)cc1. The summed E-state index contributed by atoms with van der Waals surface area (Å²) in [6.45, 7) is 2.66. The standard InChI is InChI=1S/C14H20F3NO/c1-3-10-19-12-6-4-11(5-7-12)13(18-2)8-9-14(15,16)17/h4-7,13,18H,3,8-10H2,1-2H3. The maximum absolute atomic E-state index is 12.2. The zero-order chi connectivity index (χ0) is 14.3. The Hall–Kier alpha value is -1.23. The molecule has 5 heteroatoms. The van der Waals surface area contributed by atoms with Crippen LogP contribution in [-0.4, -0.2) is 19.8 Å². The van der Waals surface area contributed by atoms with Gasteiger partial charge >= 0.3 is 6.18 Å². The first kappa shape index (κ1) is 15.8. The minimum absolute atomic E-state index is 0.0369. The first-order valence-electron chi connectivity index (χ1n) is 6.43. The molecule has 1 aromatic carbocycles. The number of halogens is 3. The number of nitrogens with one attached hydrogen (secondary N) is 1. The molecule has 1 unspecified atom stereocenters. The lowest BCUT2D eigenvalue weighted by Gasteiger charge is -2.18. The predicted octanol–water partition coefficient (Wildman–Crippen LogP) is 4.08. The van der Waals surface area contributed by atoms with Gasteiger partial charge in [-0.15, -0.1) is 0 Å². The number of hydrogen-bond donors (Lipinski definition) is 1. The van der Waals surface area contributed by atoms with E-state index in [2.05, 4.69) is 5.32 Å². The van der Waals surface area contributed by atoms with E-state index in [9.17, 15) is 13.2 Å². The summed E-state index contributed by atoms with van der Waals surface area (Å²) in [4.78, 5) is 0. The molecule has 0 saturated heterocycles. The van der Waals surface area contributed by atoms with Gasteiger partial charge in [-0.1, -0.05) is 19.1 Å². The zero-order valence-corrected chi connectivity index (χ0v) is 11.3. The first-order valence-corrected chi connectivity index (χ1v) is 6.43.